The number of nitrogens with zero attached hydrogens (tertiary/aromatic N) is 2. The number of hydrogen-bond donors (Lipinski definition) is 3. The molecule has 2 aliphatic heterocycles. The summed E-state index contributed by atoms with van der Waals surface area (Å²) in [6.07, 6.45) is 3.27. The fraction of sp³-hybridized carbons (Fsp3) is 0.483. The highest BCUT2D eigenvalue weighted by Crippen LogP contribution is 2.37. The lowest BCUT2D eigenvalue weighted by molar-refractivity contribution is -0.137. The Morgan fingerprint density at radius 3 is 2.62 bits per heavy atom. The number of H-pyrrole nitrogens is 1. The Balaban J connectivity index is 1.62. The van der Waals surface area contributed by atoms with Crippen molar-refractivity contribution in [2.45, 2.75) is 51.8 Å². The number of aliphatic hydroxyl groups is 1. The molecule has 2 aliphatic rings. The fourth-order valence-corrected chi connectivity index (χ4v) is 5.71. The number of hydrogen-bond acceptors (Lipinski definition) is 7. The monoisotopic (exact) mass is 572 g/mol. The van der Waals surface area contributed by atoms with Crippen LogP contribution in [0.25, 0.3) is 16.8 Å². The van der Waals surface area contributed by atoms with Gasteiger partial charge in [-0.3, -0.25) is 4.79 Å². The van der Waals surface area contributed by atoms with Gasteiger partial charge in [-0.25, -0.2) is 9.78 Å². The first-order valence-corrected chi connectivity index (χ1v) is 13.8. The highest BCUT2D eigenvalue weighted by atomic mass is 35.5. The largest absolute Gasteiger partial charge is 0.453 e. The molecule has 3 N–H and O–H groups in total. The summed E-state index contributed by atoms with van der Waals surface area (Å²) in [6, 6.07) is 6.57. The molecule has 0 aliphatic carbocycles. The van der Waals surface area contributed by atoms with Crippen molar-refractivity contribution in [3.8, 4) is 11.3 Å². The molecule has 11 heteroatoms. The summed E-state index contributed by atoms with van der Waals surface area (Å²) >= 11 is 5.50. The second-order valence-electron chi connectivity index (χ2n) is 10.3. The van der Waals surface area contributed by atoms with Gasteiger partial charge in [0.05, 0.1) is 31.1 Å². The van der Waals surface area contributed by atoms with Gasteiger partial charge in [0.25, 0.3) is 0 Å². The maximum absolute atomic E-state index is 14.0. The second-order valence-corrected chi connectivity index (χ2v) is 10.5. The molecule has 0 saturated carbocycles. The lowest BCUT2D eigenvalue weighted by Crippen LogP contribution is -2.53. The van der Waals surface area contributed by atoms with Crippen LogP contribution in [0.4, 0.5) is 4.79 Å². The number of imidazole rings is 1. The molecule has 2 aromatic rings. The number of aliphatic hydroxyl groups excluding tert-OH is 1. The number of alkyl carbamates (subject to hydrolysis) is 1. The van der Waals surface area contributed by atoms with Crippen LogP contribution in [0.5, 0.6) is 0 Å². The highest BCUT2D eigenvalue weighted by Gasteiger charge is 2.42. The fourth-order valence-electron chi connectivity index (χ4n) is 5.62. The number of carbonyl (C=O) groups excluding carboxylic acids is 2. The van der Waals surface area contributed by atoms with E-state index in [0.29, 0.717) is 62.0 Å². The average molecular weight is 573 g/mol. The van der Waals surface area contributed by atoms with Gasteiger partial charge in [-0.2, -0.15) is 0 Å². The van der Waals surface area contributed by atoms with Crippen molar-refractivity contribution in [3.63, 3.8) is 0 Å². The number of aromatic amines is 1. The minimum atomic E-state index is -0.726. The summed E-state index contributed by atoms with van der Waals surface area (Å²) in [4.78, 5) is 36.1. The summed E-state index contributed by atoms with van der Waals surface area (Å²) in [5, 5.41) is 12.9. The van der Waals surface area contributed by atoms with Crippen molar-refractivity contribution in [3.05, 3.63) is 59.8 Å². The summed E-state index contributed by atoms with van der Waals surface area (Å²) in [5.74, 6) is 0.945. The first kappa shape index (κ1) is 29.6. The molecule has 4 rings (SSSR count). The maximum atomic E-state index is 14.0. The molecular weight excluding hydrogens is 536 g/mol. The number of nitrogens with one attached hydrogen (secondary N) is 2. The molecule has 3 atom stereocenters. The molecule has 0 bridgehead atoms. The molecule has 40 heavy (non-hydrogen) atoms. The number of amides is 2. The molecule has 0 radical (unpaired) electrons. The Hall–Kier alpha value is -3.34. The third-order valence-corrected chi connectivity index (χ3v) is 7.86. The van der Waals surface area contributed by atoms with Gasteiger partial charge in [0.1, 0.15) is 29.5 Å². The van der Waals surface area contributed by atoms with Gasteiger partial charge in [0.15, 0.2) is 0 Å². The van der Waals surface area contributed by atoms with Gasteiger partial charge in [0, 0.05) is 30.9 Å². The molecule has 10 nitrogen and oxygen atoms in total. The molecular formula is C29H37ClN4O6. The van der Waals surface area contributed by atoms with Crippen LogP contribution in [0.3, 0.4) is 0 Å². The number of halogens is 1. The Morgan fingerprint density at radius 1 is 1.32 bits per heavy atom. The molecule has 1 aromatic heterocycles. The number of allylic oxidation sites excluding steroid dienone is 2. The van der Waals surface area contributed by atoms with Crippen molar-refractivity contribution < 1.29 is 28.5 Å². The van der Waals surface area contributed by atoms with Crippen LogP contribution in [0.1, 0.15) is 56.2 Å². The van der Waals surface area contributed by atoms with Gasteiger partial charge < -0.3 is 34.1 Å². The topological polar surface area (TPSA) is 126 Å². The third-order valence-electron chi connectivity index (χ3n) is 7.68. The van der Waals surface area contributed by atoms with E-state index in [4.69, 9.17) is 30.6 Å². The molecule has 2 saturated heterocycles. The van der Waals surface area contributed by atoms with Gasteiger partial charge in [-0.15, -0.1) is 0 Å². The van der Waals surface area contributed by atoms with Gasteiger partial charge in [-0.05, 0) is 43.6 Å². The zero-order chi connectivity index (χ0) is 28.8. The molecule has 216 valence electrons. The Labute approximate surface area is 239 Å². The van der Waals surface area contributed by atoms with E-state index in [-0.39, 0.29) is 30.4 Å². The predicted octanol–water partition coefficient (Wildman–Crippen LogP) is 4.72. The molecule has 3 unspecified atom stereocenters. The van der Waals surface area contributed by atoms with E-state index in [9.17, 15) is 14.7 Å². The SMILES string of the molecule is C=C(OCl)C(=CC)c1ccc(-c2nc(C3CC(C)CN3C(=O)C(NC(=O)OC)C3CCOCC3)[nH]c2CO)cc1. The maximum Gasteiger partial charge on any atom is 0.407 e. The van der Waals surface area contributed by atoms with Crippen molar-refractivity contribution in [1.82, 2.24) is 20.2 Å². The van der Waals surface area contributed by atoms with E-state index in [0.717, 1.165) is 16.7 Å². The van der Waals surface area contributed by atoms with Crippen molar-refractivity contribution >= 4 is 29.4 Å². The summed E-state index contributed by atoms with van der Waals surface area (Å²) < 4.78 is 15.1. The lowest BCUT2D eigenvalue weighted by Gasteiger charge is -2.34. The number of aromatic nitrogens is 2. The quantitative estimate of drug-likeness (QED) is 0.293. The van der Waals surface area contributed by atoms with E-state index in [1.165, 1.54) is 7.11 Å². The van der Waals surface area contributed by atoms with Crippen LogP contribution in [-0.2, 0) is 25.2 Å². The molecule has 3 heterocycles. The minimum absolute atomic E-state index is 0.0575. The predicted molar refractivity (Wildman–Crippen MR) is 151 cm³/mol. The smallest absolute Gasteiger partial charge is 0.407 e. The zero-order valence-corrected chi connectivity index (χ0v) is 23.9. The number of likely N-dealkylation sites (tertiary alicyclic amines) is 1. The molecule has 2 amide bonds. The van der Waals surface area contributed by atoms with Crippen LogP contribution < -0.4 is 5.32 Å². The van der Waals surface area contributed by atoms with Crippen LogP contribution in [0.15, 0.2) is 42.7 Å². The first-order valence-electron chi connectivity index (χ1n) is 13.5. The highest BCUT2D eigenvalue weighted by molar-refractivity contribution is 6.09. The second kappa shape index (κ2) is 13.3. The van der Waals surface area contributed by atoms with Crippen molar-refractivity contribution in [2.24, 2.45) is 11.8 Å². The first-order chi connectivity index (χ1) is 19.3. The summed E-state index contributed by atoms with van der Waals surface area (Å²) in [6.45, 7) is 9.16. The lowest BCUT2D eigenvalue weighted by atomic mass is 9.90. The van der Waals surface area contributed by atoms with Crippen LogP contribution in [0, 0.1) is 11.8 Å². The number of carbonyl (C=O) groups is 2. The van der Waals surface area contributed by atoms with E-state index in [1.54, 1.807) is 4.90 Å². The Kier molecular flexibility index (Phi) is 9.89. The van der Waals surface area contributed by atoms with Crippen LogP contribution in [-0.4, -0.2) is 64.9 Å². The Bertz CT molecular complexity index is 1240. The van der Waals surface area contributed by atoms with Crippen LogP contribution >= 0.6 is 11.9 Å². The number of ether oxygens (including phenoxy) is 2. The third kappa shape index (κ3) is 6.35. The van der Waals surface area contributed by atoms with Crippen LogP contribution in [0.2, 0.25) is 0 Å². The molecule has 0 spiro atoms. The zero-order valence-electron chi connectivity index (χ0n) is 23.1. The van der Waals surface area contributed by atoms with Gasteiger partial charge in [-0.1, -0.05) is 43.8 Å². The summed E-state index contributed by atoms with van der Waals surface area (Å²) in [7, 11) is 1.29. The number of benzene rings is 1. The van der Waals surface area contributed by atoms with E-state index in [1.807, 2.05) is 37.3 Å². The van der Waals surface area contributed by atoms with E-state index < -0.39 is 12.1 Å². The molecule has 2 fully saturated rings. The molecule has 1 aromatic carbocycles. The van der Waals surface area contributed by atoms with Gasteiger partial charge >= 0.3 is 6.09 Å². The standard InChI is InChI=1S/C29H37ClN4O6/c1-5-22(18(3)40-30)19-6-8-20(9-7-19)25-23(16-35)31-27(32-25)24-14-17(2)15-34(24)28(36)26(33-29(37)38-4)21-10-12-39-13-11-21/h5-9,17,21,24,26,35H,3,10-16H2,1-2,4H3,(H,31,32)(H,33,37). The Morgan fingerprint density at radius 2 is 2.02 bits per heavy atom. The summed E-state index contributed by atoms with van der Waals surface area (Å²) in [5.41, 5.74) is 3.61. The van der Waals surface area contributed by atoms with Gasteiger partial charge in [0.2, 0.25) is 5.91 Å². The number of rotatable bonds is 9. The van der Waals surface area contributed by atoms with E-state index in [2.05, 4.69) is 23.8 Å². The van der Waals surface area contributed by atoms with Crippen molar-refractivity contribution in [1.29, 1.82) is 0 Å². The number of methoxy groups -OCH3 is 1. The van der Waals surface area contributed by atoms with Crippen molar-refractivity contribution in [2.75, 3.05) is 26.9 Å². The van der Waals surface area contributed by atoms with E-state index >= 15 is 0 Å². The normalized spacial score (nSPS) is 20.7. The average Bonchev–Trinajstić information content (AvgIpc) is 3.60. The minimum Gasteiger partial charge on any atom is -0.453 e.